The lowest BCUT2D eigenvalue weighted by atomic mass is 9.86. The number of hydrogen-bond acceptors (Lipinski definition) is 6. The van der Waals surface area contributed by atoms with E-state index < -0.39 is 41.8 Å². The summed E-state index contributed by atoms with van der Waals surface area (Å²) in [5.41, 5.74) is 1.71. The van der Waals surface area contributed by atoms with Crippen LogP contribution in [0.15, 0.2) is 24.3 Å². The van der Waals surface area contributed by atoms with Crippen molar-refractivity contribution >= 4 is 35.4 Å². The molecule has 1 saturated carbocycles. The van der Waals surface area contributed by atoms with Crippen molar-refractivity contribution < 1.29 is 28.8 Å². The largest absolute Gasteiger partial charge is 0.350 e. The predicted octanol–water partition coefficient (Wildman–Crippen LogP) is 2.97. The minimum atomic E-state index is -1.00. The highest BCUT2D eigenvalue weighted by Crippen LogP contribution is 2.65. The maximum absolute atomic E-state index is 14.8. The average Bonchev–Trinajstić information content (AvgIpc) is 3.43. The van der Waals surface area contributed by atoms with E-state index in [0.29, 0.717) is 58.3 Å². The molecule has 1 aromatic rings. The van der Waals surface area contributed by atoms with Crippen molar-refractivity contribution in [3.05, 3.63) is 35.4 Å². The van der Waals surface area contributed by atoms with Gasteiger partial charge in [0.15, 0.2) is 0 Å². The maximum atomic E-state index is 14.8. The van der Waals surface area contributed by atoms with E-state index in [1.807, 2.05) is 56.9 Å². The predicted molar refractivity (Wildman–Crippen MR) is 193 cm³/mol. The molecule has 0 spiro atoms. The van der Waals surface area contributed by atoms with Crippen LogP contribution in [0, 0.1) is 28.6 Å². The molecule has 0 bridgehead atoms. The Morgan fingerprint density at radius 2 is 1.63 bits per heavy atom. The summed E-state index contributed by atoms with van der Waals surface area (Å²) < 4.78 is 0. The molecule has 3 fully saturated rings. The number of hydrogen-bond donors (Lipinski definition) is 4. The first-order chi connectivity index (χ1) is 24.1. The third kappa shape index (κ3) is 8.25. The Bertz CT molecular complexity index is 1490. The smallest absolute Gasteiger partial charge is 0.315 e. The van der Waals surface area contributed by atoms with Gasteiger partial charge in [-0.3, -0.25) is 24.0 Å². The number of likely N-dealkylation sites (N-methyl/N-ethyl adjacent to an activating group) is 1. The SMILES string of the molecule is CCCC(NC(=O)[C@@H]1[C@@H]2[C@H](CN1C(=O)[C@@H](NC(=O)N[C@H](CN1CCCCC1=O)C(C)(C)C)C1Cc3ccccc3C1)C2(C)C)C(=O)C(=O)NCC. The maximum Gasteiger partial charge on any atom is 0.315 e. The highest BCUT2D eigenvalue weighted by Gasteiger charge is 2.69. The molecule has 6 atom stereocenters. The number of rotatable bonds is 13. The molecule has 2 saturated heterocycles. The second kappa shape index (κ2) is 15.3. The fourth-order valence-electron chi connectivity index (χ4n) is 8.57. The number of carbonyl (C=O) groups is 6. The number of amides is 6. The van der Waals surface area contributed by atoms with Gasteiger partial charge in [-0.1, -0.05) is 72.2 Å². The lowest BCUT2D eigenvalue weighted by molar-refractivity contribution is -0.144. The van der Waals surface area contributed by atoms with Gasteiger partial charge < -0.3 is 31.1 Å². The summed E-state index contributed by atoms with van der Waals surface area (Å²) in [5, 5.41) is 11.6. The van der Waals surface area contributed by atoms with E-state index in [9.17, 15) is 28.8 Å². The number of nitrogens with one attached hydrogen (secondary N) is 4. The van der Waals surface area contributed by atoms with E-state index in [2.05, 4.69) is 35.1 Å². The second-order valence-electron chi connectivity index (χ2n) is 16.7. The van der Waals surface area contributed by atoms with Gasteiger partial charge in [0.25, 0.3) is 5.91 Å². The van der Waals surface area contributed by atoms with E-state index >= 15 is 0 Å². The van der Waals surface area contributed by atoms with Gasteiger partial charge in [0, 0.05) is 32.6 Å². The van der Waals surface area contributed by atoms with Gasteiger partial charge in [0.05, 0.1) is 12.1 Å². The van der Waals surface area contributed by atoms with Crippen molar-refractivity contribution in [1.82, 2.24) is 31.1 Å². The molecule has 2 aliphatic heterocycles. The molecule has 1 aromatic carbocycles. The summed E-state index contributed by atoms with van der Waals surface area (Å²) in [6.07, 6.45) is 4.37. The van der Waals surface area contributed by atoms with Gasteiger partial charge in [-0.05, 0) is 78.7 Å². The number of fused-ring (bicyclic) bond motifs is 2. The molecular weight excluding hydrogens is 648 g/mol. The number of likely N-dealkylation sites (tertiary alicyclic amines) is 2. The molecule has 5 rings (SSSR count). The molecule has 12 heteroatoms. The average molecular weight is 707 g/mol. The Kier molecular flexibility index (Phi) is 11.5. The first-order valence-electron chi connectivity index (χ1n) is 18.9. The van der Waals surface area contributed by atoms with Crippen molar-refractivity contribution in [2.24, 2.45) is 28.6 Å². The van der Waals surface area contributed by atoms with Crippen molar-refractivity contribution in [3.63, 3.8) is 0 Å². The van der Waals surface area contributed by atoms with Crippen molar-refractivity contribution in [2.75, 3.05) is 26.2 Å². The topological polar surface area (TPSA) is 157 Å². The van der Waals surface area contributed by atoms with Crippen LogP contribution in [0.25, 0.3) is 0 Å². The van der Waals surface area contributed by atoms with Gasteiger partial charge in [-0.25, -0.2) is 4.79 Å². The minimum absolute atomic E-state index is 0.0863. The van der Waals surface area contributed by atoms with Gasteiger partial charge in [0.2, 0.25) is 23.5 Å². The standard InChI is InChI=1S/C39H58N6O6/c1-8-14-27(33(47)35(49)40-9-2)41-34(48)32-30-26(39(30,6)7)21-45(32)36(50)31(25-19-23-15-10-11-16-24(23)20-25)43-37(51)42-28(38(3,4)5)22-44-18-13-12-17-29(44)46/h10-11,15-16,25-28,30-32H,8-9,12-14,17-22H2,1-7H3,(H,40,49)(H,41,48)(H2,42,43,51)/t26-,27?,28+,30-,31-,32-/m0/s1. The fourth-order valence-corrected chi connectivity index (χ4v) is 8.57. The molecule has 6 amide bonds. The van der Waals surface area contributed by atoms with E-state index in [-0.39, 0.29) is 46.4 Å². The Labute approximate surface area is 302 Å². The fraction of sp³-hybridized carbons (Fsp3) is 0.692. The van der Waals surface area contributed by atoms with Gasteiger partial charge in [-0.2, -0.15) is 0 Å². The highest BCUT2D eigenvalue weighted by atomic mass is 16.2. The summed E-state index contributed by atoms with van der Waals surface area (Å²) >= 11 is 0. The third-order valence-corrected chi connectivity index (χ3v) is 11.8. The number of carbonyl (C=O) groups excluding carboxylic acids is 6. The van der Waals surface area contributed by atoms with E-state index in [1.54, 1.807) is 11.8 Å². The molecule has 0 aromatic heterocycles. The number of ketones is 1. The zero-order valence-electron chi connectivity index (χ0n) is 31.5. The quantitative estimate of drug-likeness (QED) is 0.231. The zero-order chi connectivity index (χ0) is 37.2. The second-order valence-corrected chi connectivity index (χ2v) is 16.7. The van der Waals surface area contributed by atoms with Crippen LogP contribution in [0.4, 0.5) is 4.79 Å². The number of nitrogens with zero attached hydrogens (tertiary/aromatic N) is 2. The Morgan fingerprint density at radius 1 is 0.961 bits per heavy atom. The molecule has 51 heavy (non-hydrogen) atoms. The van der Waals surface area contributed by atoms with Crippen LogP contribution in [0.3, 0.4) is 0 Å². The summed E-state index contributed by atoms with van der Waals surface area (Å²) in [4.78, 5) is 84.5. The Morgan fingerprint density at radius 3 is 2.22 bits per heavy atom. The number of benzene rings is 1. The van der Waals surface area contributed by atoms with Gasteiger partial charge >= 0.3 is 6.03 Å². The molecule has 280 valence electrons. The van der Waals surface area contributed by atoms with Crippen molar-refractivity contribution in [2.45, 2.75) is 118 Å². The normalized spacial score (nSPS) is 24.1. The van der Waals surface area contributed by atoms with E-state index in [0.717, 1.165) is 24.0 Å². The third-order valence-electron chi connectivity index (χ3n) is 11.8. The lowest BCUT2D eigenvalue weighted by Gasteiger charge is -2.38. The molecule has 12 nitrogen and oxygen atoms in total. The van der Waals surface area contributed by atoms with E-state index in [4.69, 9.17) is 0 Å². The first-order valence-corrected chi connectivity index (χ1v) is 18.9. The lowest BCUT2D eigenvalue weighted by Crippen LogP contribution is -2.62. The van der Waals surface area contributed by atoms with Gasteiger partial charge in [0.1, 0.15) is 12.1 Å². The van der Waals surface area contributed by atoms with Crippen LogP contribution in [0.1, 0.15) is 91.7 Å². The van der Waals surface area contributed by atoms with Crippen molar-refractivity contribution in [1.29, 1.82) is 0 Å². The van der Waals surface area contributed by atoms with Crippen LogP contribution in [0.5, 0.6) is 0 Å². The van der Waals surface area contributed by atoms with Crippen LogP contribution < -0.4 is 21.3 Å². The van der Waals surface area contributed by atoms with E-state index in [1.165, 1.54) is 0 Å². The Hall–Kier alpha value is -3.96. The number of piperidine rings is 2. The van der Waals surface area contributed by atoms with Crippen molar-refractivity contribution in [3.8, 4) is 0 Å². The molecule has 2 heterocycles. The summed E-state index contributed by atoms with van der Waals surface area (Å²) in [5.74, 6) is -2.40. The van der Waals surface area contributed by atoms with Gasteiger partial charge in [-0.15, -0.1) is 0 Å². The molecule has 1 unspecified atom stereocenters. The molecular formula is C39H58N6O6. The highest BCUT2D eigenvalue weighted by molar-refractivity contribution is 6.38. The molecule has 4 N–H and O–H groups in total. The monoisotopic (exact) mass is 706 g/mol. The molecule has 4 aliphatic rings. The zero-order valence-corrected chi connectivity index (χ0v) is 31.5. The molecule has 0 radical (unpaired) electrons. The molecule has 2 aliphatic carbocycles. The van der Waals surface area contributed by atoms with Crippen LogP contribution in [0.2, 0.25) is 0 Å². The minimum Gasteiger partial charge on any atom is -0.350 e. The number of urea groups is 1. The Balaban J connectivity index is 1.39. The van der Waals surface area contributed by atoms with Crippen LogP contribution in [-0.4, -0.2) is 95.6 Å². The summed E-state index contributed by atoms with van der Waals surface area (Å²) in [6, 6.07) is 4.41. The van der Waals surface area contributed by atoms with Crippen LogP contribution in [-0.2, 0) is 36.8 Å². The number of Topliss-reactive ketones (excluding diaryl/α,β-unsaturated/α-hetero) is 1. The summed E-state index contributed by atoms with van der Waals surface area (Å²) in [7, 11) is 0. The summed E-state index contributed by atoms with van der Waals surface area (Å²) in [6.45, 7) is 15.5. The first kappa shape index (κ1) is 38.3. The van der Waals surface area contributed by atoms with Crippen LogP contribution >= 0.6 is 0 Å².